The van der Waals surface area contributed by atoms with Crippen molar-refractivity contribution in [2.45, 2.75) is 64.5 Å². The van der Waals surface area contributed by atoms with Crippen LogP contribution < -0.4 is 5.32 Å². The van der Waals surface area contributed by atoms with Crippen molar-refractivity contribution in [1.82, 2.24) is 5.32 Å². The Morgan fingerprint density at radius 2 is 2.29 bits per heavy atom. The maximum Gasteiger partial charge on any atom is 0.130 e. The summed E-state index contributed by atoms with van der Waals surface area (Å²) in [6, 6.07) is 5.82. The molecule has 1 aliphatic heterocycles. The number of halogens is 1. The van der Waals surface area contributed by atoms with Gasteiger partial charge in [0.05, 0.1) is 6.10 Å². The first kappa shape index (κ1) is 16.4. The first-order chi connectivity index (χ1) is 10.2. The zero-order valence-corrected chi connectivity index (χ0v) is 13.3. The number of nitrogens with one attached hydrogen (secondary N) is 1. The van der Waals surface area contributed by atoms with Crippen LogP contribution >= 0.6 is 0 Å². The van der Waals surface area contributed by atoms with E-state index in [0.717, 1.165) is 50.0 Å². The second-order valence-electron chi connectivity index (χ2n) is 6.05. The molecule has 1 saturated heterocycles. The van der Waals surface area contributed by atoms with E-state index in [4.69, 9.17) is 4.74 Å². The first-order valence-corrected chi connectivity index (χ1v) is 8.32. The van der Waals surface area contributed by atoms with Crippen LogP contribution in [0.1, 0.15) is 62.6 Å². The van der Waals surface area contributed by atoms with E-state index in [1.165, 1.54) is 12.8 Å². The number of ether oxygens (including phenoxy) is 1. The van der Waals surface area contributed by atoms with Crippen molar-refractivity contribution in [2.75, 3.05) is 13.2 Å². The monoisotopic (exact) mass is 293 g/mol. The topological polar surface area (TPSA) is 21.3 Å². The summed E-state index contributed by atoms with van der Waals surface area (Å²) in [6.45, 7) is 5.82. The molecule has 3 heteroatoms. The largest absolute Gasteiger partial charge is 0.378 e. The van der Waals surface area contributed by atoms with Crippen molar-refractivity contribution in [1.29, 1.82) is 0 Å². The maximum absolute atomic E-state index is 14.3. The molecular formula is C18H28FNO. The lowest BCUT2D eigenvalue weighted by atomic mass is 9.97. The van der Waals surface area contributed by atoms with Gasteiger partial charge in [0.2, 0.25) is 0 Å². The zero-order valence-electron chi connectivity index (χ0n) is 13.3. The van der Waals surface area contributed by atoms with Gasteiger partial charge in [-0.25, -0.2) is 4.39 Å². The Hall–Kier alpha value is -0.930. The highest BCUT2D eigenvalue weighted by Gasteiger charge is 2.19. The van der Waals surface area contributed by atoms with Gasteiger partial charge >= 0.3 is 0 Å². The summed E-state index contributed by atoms with van der Waals surface area (Å²) in [6.07, 6.45) is 7.02. The molecule has 1 fully saturated rings. The molecule has 2 nitrogen and oxygen atoms in total. The van der Waals surface area contributed by atoms with Crippen LogP contribution in [-0.4, -0.2) is 19.3 Å². The molecule has 118 valence electrons. The molecule has 1 N–H and O–H groups in total. The molecule has 0 aliphatic carbocycles. The van der Waals surface area contributed by atoms with Crippen molar-refractivity contribution in [2.24, 2.45) is 0 Å². The molecule has 1 aliphatic rings. The lowest BCUT2D eigenvalue weighted by molar-refractivity contribution is 0.101. The van der Waals surface area contributed by atoms with Crippen LogP contribution in [0.5, 0.6) is 0 Å². The molecule has 0 spiro atoms. The summed E-state index contributed by atoms with van der Waals surface area (Å²) >= 11 is 0. The fourth-order valence-corrected chi connectivity index (χ4v) is 3.05. The summed E-state index contributed by atoms with van der Waals surface area (Å²) in [5.74, 6) is -0.0526. The number of rotatable bonds is 8. The van der Waals surface area contributed by atoms with E-state index in [1.54, 1.807) is 0 Å². The quantitative estimate of drug-likeness (QED) is 0.760. The van der Waals surface area contributed by atoms with Crippen LogP contribution in [0.2, 0.25) is 0 Å². The summed E-state index contributed by atoms with van der Waals surface area (Å²) in [7, 11) is 0. The van der Waals surface area contributed by atoms with E-state index < -0.39 is 0 Å². The van der Waals surface area contributed by atoms with Gasteiger partial charge in [-0.1, -0.05) is 25.1 Å². The van der Waals surface area contributed by atoms with Gasteiger partial charge in [0.25, 0.3) is 0 Å². The molecule has 1 aromatic rings. The van der Waals surface area contributed by atoms with Crippen LogP contribution in [0, 0.1) is 12.7 Å². The van der Waals surface area contributed by atoms with Gasteiger partial charge in [-0.2, -0.15) is 0 Å². The van der Waals surface area contributed by atoms with Gasteiger partial charge in [-0.3, -0.25) is 0 Å². The highest BCUT2D eigenvalue weighted by molar-refractivity contribution is 5.27. The first-order valence-electron chi connectivity index (χ1n) is 8.32. The van der Waals surface area contributed by atoms with Crippen molar-refractivity contribution >= 4 is 0 Å². The predicted octanol–water partition coefficient (Wildman–Crippen LogP) is 4.52. The van der Waals surface area contributed by atoms with Crippen LogP contribution in [-0.2, 0) is 4.74 Å². The molecular weight excluding hydrogens is 265 g/mol. The predicted molar refractivity (Wildman–Crippen MR) is 85.0 cm³/mol. The smallest absolute Gasteiger partial charge is 0.130 e. The Balaban J connectivity index is 1.94. The third kappa shape index (κ3) is 4.79. The fourth-order valence-electron chi connectivity index (χ4n) is 3.05. The molecule has 1 heterocycles. The molecule has 0 bridgehead atoms. The molecule has 2 rings (SSSR count). The summed E-state index contributed by atoms with van der Waals surface area (Å²) in [5, 5.41) is 3.50. The number of hydrogen-bond donors (Lipinski definition) is 1. The zero-order chi connectivity index (χ0) is 15.1. The molecule has 0 aromatic heterocycles. The van der Waals surface area contributed by atoms with Crippen molar-refractivity contribution in [3.63, 3.8) is 0 Å². The Labute approximate surface area is 128 Å². The van der Waals surface area contributed by atoms with E-state index in [0.29, 0.717) is 6.10 Å². The SMILES string of the molecule is CCCNC(CCCC1CCCO1)c1cccc(C)c1F. The standard InChI is InChI=1S/C18H28FNO/c1-3-12-20-17(11-5-8-15-9-6-13-21-15)16-10-4-7-14(2)18(16)19/h4,7,10,15,17,20H,3,5-6,8-9,11-13H2,1-2H3. The van der Waals surface area contributed by atoms with Gasteiger partial charge in [-0.05, 0) is 57.6 Å². The number of benzene rings is 1. The van der Waals surface area contributed by atoms with Gasteiger partial charge in [0.15, 0.2) is 0 Å². The van der Waals surface area contributed by atoms with Gasteiger partial charge < -0.3 is 10.1 Å². The van der Waals surface area contributed by atoms with E-state index in [1.807, 2.05) is 25.1 Å². The molecule has 2 atom stereocenters. The molecule has 2 unspecified atom stereocenters. The molecule has 0 radical (unpaired) electrons. The third-order valence-corrected chi connectivity index (χ3v) is 4.28. The highest BCUT2D eigenvalue weighted by Crippen LogP contribution is 2.26. The van der Waals surface area contributed by atoms with Crippen LogP contribution in [0.15, 0.2) is 18.2 Å². The van der Waals surface area contributed by atoms with E-state index in [9.17, 15) is 4.39 Å². The molecule has 0 saturated carbocycles. The van der Waals surface area contributed by atoms with E-state index >= 15 is 0 Å². The lowest BCUT2D eigenvalue weighted by Crippen LogP contribution is -2.23. The number of hydrogen-bond acceptors (Lipinski definition) is 2. The van der Waals surface area contributed by atoms with E-state index in [-0.39, 0.29) is 11.9 Å². The normalized spacial score (nSPS) is 19.9. The number of aryl methyl sites for hydroxylation is 1. The second-order valence-corrected chi connectivity index (χ2v) is 6.05. The van der Waals surface area contributed by atoms with Crippen LogP contribution in [0.4, 0.5) is 4.39 Å². The molecule has 21 heavy (non-hydrogen) atoms. The Morgan fingerprint density at radius 1 is 1.43 bits per heavy atom. The fraction of sp³-hybridized carbons (Fsp3) is 0.667. The van der Waals surface area contributed by atoms with Gasteiger partial charge in [0, 0.05) is 18.2 Å². The average molecular weight is 293 g/mol. The third-order valence-electron chi connectivity index (χ3n) is 4.28. The summed E-state index contributed by atoms with van der Waals surface area (Å²) in [5.41, 5.74) is 1.55. The summed E-state index contributed by atoms with van der Waals surface area (Å²) < 4.78 is 20.0. The van der Waals surface area contributed by atoms with Crippen LogP contribution in [0.25, 0.3) is 0 Å². The van der Waals surface area contributed by atoms with Crippen molar-refractivity contribution in [3.8, 4) is 0 Å². The minimum atomic E-state index is -0.0526. The molecule has 0 amide bonds. The lowest BCUT2D eigenvalue weighted by Gasteiger charge is -2.21. The van der Waals surface area contributed by atoms with Crippen LogP contribution in [0.3, 0.4) is 0 Å². The summed E-state index contributed by atoms with van der Waals surface area (Å²) in [4.78, 5) is 0. The Kier molecular flexibility index (Phi) is 6.65. The van der Waals surface area contributed by atoms with E-state index in [2.05, 4.69) is 12.2 Å². The Morgan fingerprint density at radius 3 is 3.00 bits per heavy atom. The van der Waals surface area contributed by atoms with Gasteiger partial charge in [0.1, 0.15) is 5.82 Å². The highest BCUT2D eigenvalue weighted by atomic mass is 19.1. The van der Waals surface area contributed by atoms with Gasteiger partial charge in [-0.15, -0.1) is 0 Å². The van der Waals surface area contributed by atoms with Crippen molar-refractivity contribution < 1.29 is 9.13 Å². The average Bonchev–Trinajstić information content (AvgIpc) is 2.99. The maximum atomic E-state index is 14.3. The minimum absolute atomic E-state index is 0.0526. The minimum Gasteiger partial charge on any atom is -0.378 e. The Bertz CT molecular complexity index is 429. The molecule has 1 aromatic carbocycles. The second kappa shape index (κ2) is 8.50. The van der Waals surface area contributed by atoms with Crippen molar-refractivity contribution in [3.05, 3.63) is 35.1 Å².